The maximum Gasteiger partial charge on any atom is 0.148 e. The van der Waals surface area contributed by atoms with E-state index >= 15 is 0 Å². The molecule has 0 radical (unpaired) electrons. The molecule has 1 N–H and O–H groups in total. The number of rotatable bonds is 3. The maximum atomic E-state index is 13.1. The summed E-state index contributed by atoms with van der Waals surface area (Å²) < 4.78 is 18.5. The van der Waals surface area contributed by atoms with E-state index in [1.807, 2.05) is 0 Å². The minimum absolute atomic E-state index is 0.202. The van der Waals surface area contributed by atoms with Crippen molar-refractivity contribution in [3.8, 4) is 0 Å². The summed E-state index contributed by atoms with van der Waals surface area (Å²) in [7, 11) is 0. The molecule has 2 heterocycles. The Morgan fingerprint density at radius 2 is 2.11 bits per heavy atom. The van der Waals surface area contributed by atoms with E-state index in [2.05, 4.69) is 21.5 Å². The summed E-state index contributed by atoms with van der Waals surface area (Å²) in [5.74, 6) is 0.671. The van der Waals surface area contributed by atoms with Crippen LogP contribution in [-0.4, -0.2) is 28.5 Å². The molecule has 19 heavy (non-hydrogen) atoms. The third-order valence-electron chi connectivity index (χ3n) is 3.72. The molecule has 1 aliphatic heterocycles. The van der Waals surface area contributed by atoms with Crippen LogP contribution in [-0.2, 0) is 0 Å². The number of fused-ring (bicyclic) bond motifs is 1. The van der Waals surface area contributed by atoms with E-state index < -0.39 is 0 Å². The second-order valence-corrected chi connectivity index (χ2v) is 5.89. The topological polar surface area (TPSA) is 28.2 Å². The number of likely N-dealkylation sites (tertiary alicyclic amines) is 1. The first-order valence-corrected chi connectivity index (χ1v) is 7.57. The van der Waals surface area contributed by atoms with Crippen LogP contribution < -0.4 is 5.32 Å². The van der Waals surface area contributed by atoms with Gasteiger partial charge in [0.25, 0.3) is 0 Å². The maximum absolute atomic E-state index is 13.1. The van der Waals surface area contributed by atoms with Crippen LogP contribution in [0, 0.1) is 5.82 Å². The second kappa shape index (κ2) is 5.43. The third-order valence-corrected chi connectivity index (χ3v) is 4.53. The van der Waals surface area contributed by atoms with Crippen LogP contribution in [0.5, 0.6) is 0 Å². The zero-order valence-corrected chi connectivity index (χ0v) is 11.8. The molecule has 0 saturated carbocycles. The Balaban J connectivity index is 1.77. The zero-order valence-electron chi connectivity index (χ0n) is 11.0. The van der Waals surface area contributed by atoms with Gasteiger partial charge in [-0.2, -0.15) is 4.37 Å². The fraction of sp³-hybridized carbons (Fsp3) is 0.500. The van der Waals surface area contributed by atoms with Crippen molar-refractivity contribution in [3.05, 3.63) is 24.0 Å². The summed E-state index contributed by atoms with van der Waals surface area (Å²) in [5.41, 5.74) is 0. The highest BCUT2D eigenvalue weighted by Crippen LogP contribution is 2.28. The smallest absolute Gasteiger partial charge is 0.148 e. The quantitative estimate of drug-likeness (QED) is 0.929. The van der Waals surface area contributed by atoms with Crippen molar-refractivity contribution < 1.29 is 4.39 Å². The molecule has 1 aromatic heterocycles. The van der Waals surface area contributed by atoms with E-state index in [4.69, 9.17) is 0 Å². The summed E-state index contributed by atoms with van der Waals surface area (Å²) >= 11 is 1.35. The fourth-order valence-corrected chi connectivity index (χ4v) is 3.38. The van der Waals surface area contributed by atoms with Crippen LogP contribution in [0.4, 0.5) is 10.2 Å². The van der Waals surface area contributed by atoms with E-state index in [1.165, 1.54) is 36.9 Å². The number of halogens is 1. The zero-order chi connectivity index (χ0) is 13.2. The summed E-state index contributed by atoms with van der Waals surface area (Å²) in [4.78, 5) is 2.44. The van der Waals surface area contributed by atoms with Crippen molar-refractivity contribution in [2.75, 3.05) is 18.4 Å². The molecular weight excluding hydrogens is 261 g/mol. The summed E-state index contributed by atoms with van der Waals surface area (Å²) in [6, 6.07) is 4.84. The lowest BCUT2D eigenvalue weighted by Gasteiger charge is -2.32. The lowest BCUT2D eigenvalue weighted by molar-refractivity contribution is 0.190. The Bertz CT molecular complexity index is 563. The van der Waals surface area contributed by atoms with E-state index in [9.17, 15) is 4.39 Å². The first-order chi connectivity index (χ1) is 9.24. The van der Waals surface area contributed by atoms with Gasteiger partial charge in [-0.3, -0.25) is 4.90 Å². The number of hydrogen-bond donors (Lipinski definition) is 1. The molecule has 1 aromatic carbocycles. The number of anilines is 1. The van der Waals surface area contributed by atoms with Crippen molar-refractivity contribution in [1.82, 2.24) is 9.27 Å². The van der Waals surface area contributed by atoms with E-state index in [0.717, 1.165) is 29.0 Å². The Kier molecular flexibility index (Phi) is 3.66. The lowest BCUT2D eigenvalue weighted by atomic mass is 10.1. The largest absolute Gasteiger partial charge is 0.353 e. The lowest BCUT2D eigenvalue weighted by Crippen LogP contribution is -2.41. The van der Waals surface area contributed by atoms with Crippen molar-refractivity contribution in [1.29, 1.82) is 0 Å². The summed E-state index contributed by atoms with van der Waals surface area (Å²) in [6.45, 7) is 4.45. The van der Waals surface area contributed by atoms with Crippen LogP contribution in [0.25, 0.3) is 10.1 Å². The van der Waals surface area contributed by atoms with Crippen LogP contribution in [0.1, 0.15) is 26.2 Å². The highest BCUT2D eigenvalue weighted by Gasteiger charge is 2.18. The van der Waals surface area contributed by atoms with Crippen molar-refractivity contribution >= 4 is 27.4 Å². The van der Waals surface area contributed by atoms with E-state index in [1.54, 1.807) is 12.1 Å². The number of nitrogens with one attached hydrogen (secondary N) is 1. The van der Waals surface area contributed by atoms with E-state index in [-0.39, 0.29) is 12.0 Å². The summed E-state index contributed by atoms with van der Waals surface area (Å²) in [5, 5.41) is 4.47. The Morgan fingerprint density at radius 3 is 2.89 bits per heavy atom. The number of hydrogen-bond acceptors (Lipinski definition) is 4. The van der Waals surface area contributed by atoms with Gasteiger partial charge in [-0.1, -0.05) is 6.42 Å². The van der Waals surface area contributed by atoms with Crippen molar-refractivity contribution in [2.45, 2.75) is 32.4 Å². The van der Waals surface area contributed by atoms with Gasteiger partial charge in [-0.15, -0.1) is 0 Å². The van der Waals surface area contributed by atoms with E-state index in [0.29, 0.717) is 0 Å². The average Bonchev–Trinajstić information content (AvgIpc) is 2.82. The first-order valence-electron chi connectivity index (χ1n) is 6.79. The number of nitrogens with zero attached hydrogens (tertiary/aromatic N) is 2. The van der Waals surface area contributed by atoms with Gasteiger partial charge in [-0.25, -0.2) is 4.39 Å². The number of piperidine rings is 1. The number of benzene rings is 1. The molecule has 5 heteroatoms. The highest BCUT2D eigenvalue weighted by molar-refractivity contribution is 7.13. The van der Waals surface area contributed by atoms with Crippen LogP contribution in [0.3, 0.4) is 0 Å². The van der Waals surface area contributed by atoms with Gasteiger partial charge in [-0.05, 0) is 49.5 Å². The molecule has 0 amide bonds. The van der Waals surface area contributed by atoms with Gasteiger partial charge >= 0.3 is 0 Å². The standard InChI is InChI=1S/C14H18FN3S/c1-10(18-7-3-2-4-8-18)16-14-12-6-5-11(15)9-13(12)19-17-14/h5-6,9-10H,2-4,7-8H2,1H3,(H,16,17). The molecule has 1 unspecified atom stereocenters. The highest BCUT2D eigenvalue weighted by atomic mass is 32.1. The van der Waals surface area contributed by atoms with Gasteiger partial charge in [0.2, 0.25) is 0 Å². The number of aromatic nitrogens is 1. The first kappa shape index (κ1) is 12.8. The van der Waals surface area contributed by atoms with Crippen molar-refractivity contribution in [2.24, 2.45) is 0 Å². The van der Waals surface area contributed by atoms with Crippen LogP contribution in [0.15, 0.2) is 18.2 Å². The molecule has 1 atom stereocenters. The van der Waals surface area contributed by atoms with Gasteiger partial charge in [0, 0.05) is 18.5 Å². The molecule has 3 nitrogen and oxygen atoms in total. The normalized spacial score (nSPS) is 18.6. The second-order valence-electron chi connectivity index (χ2n) is 5.09. The molecule has 0 aliphatic carbocycles. The van der Waals surface area contributed by atoms with Crippen LogP contribution in [0.2, 0.25) is 0 Å². The Hall–Kier alpha value is -1.20. The molecule has 2 aromatic rings. The average molecular weight is 279 g/mol. The molecule has 1 fully saturated rings. The fourth-order valence-electron chi connectivity index (χ4n) is 2.61. The predicted octanol–water partition coefficient (Wildman–Crippen LogP) is 3.68. The molecule has 0 bridgehead atoms. The molecule has 1 aliphatic rings. The monoisotopic (exact) mass is 279 g/mol. The predicted molar refractivity (Wildman–Crippen MR) is 78.1 cm³/mol. The van der Waals surface area contributed by atoms with Crippen LogP contribution >= 0.6 is 11.5 Å². The summed E-state index contributed by atoms with van der Waals surface area (Å²) in [6.07, 6.45) is 4.15. The molecule has 3 rings (SSSR count). The Labute approximate surface area is 116 Å². The third kappa shape index (κ3) is 2.72. The van der Waals surface area contributed by atoms with Gasteiger partial charge < -0.3 is 5.32 Å². The van der Waals surface area contributed by atoms with Gasteiger partial charge in [0.15, 0.2) is 0 Å². The molecule has 1 saturated heterocycles. The SMILES string of the molecule is CC(Nc1nsc2cc(F)ccc12)N1CCCCC1. The molecule has 102 valence electrons. The minimum atomic E-state index is -0.202. The van der Waals surface area contributed by atoms with Crippen molar-refractivity contribution in [3.63, 3.8) is 0 Å². The molecule has 0 spiro atoms. The molecular formula is C14H18FN3S. The Morgan fingerprint density at radius 1 is 1.32 bits per heavy atom. The van der Waals surface area contributed by atoms with Gasteiger partial charge in [0.05, 0.1) is 10.9 Å². The minimum Gasteiger partial charge on any atom is -0.353 e. The van der Waals surface area contributed by atoms with Gasteiger partial charge in [0.1, 0.15) is 11.6 Å².